The molecule has 0 aliphatic rings. The van der Waals surface area contributed by atoms with E-state index in [1.165, 1.54) is 12.1 Å². The van der Waals surface area contributed by atoms with Crippen LogP contribution in [0.15, 0.2) is 18.2 Å². The molecule has 0 fully saturated rings. The van der Waals surface area contributed by atoms with E-state index in [-0.39, 0.29) is 17.9 Å². The maximum absolute atomic E-state index is 11.9. The first-order valence-electron chi connectivity index (χ1n) is 4.92. The van der Waals surface area contributed by atoms with Crippen LogP contribution in [0.2, 0.25) is 0 Å². The van der Waals surface area contributed by atoms with Crippen LogP contribution in [0.3, 0.4) is 0 Å². The molecular formula is C12H11NO5. The fourth-order valence-electron chi connectivity index (χ4n) is 1.34. The lowest BCUT2D eigenvalue weighted by Crippen LogP contribution is -2.36. The Hall–Kier alpha value is -2.68. The number of nitrogens with zero attached hydrogens (tertiary/aromatic N) is 1. The average Bonchev–Trinajstić information content (AvgIpc) is 2.27. The van der Waals surface area contributed by atoms with E-state index in [2.05, 4.69) is 5.92 Å². The molecule has 0 saturated heterocycles. The van der Waals surface area contributed by atoms with E-state index in [1.807, 2.05) is 0 Å². The molecule has 94 valence electrons. The van der Waals surface area contributed by atoms with Crippen LogP contribution in [-0.4, -0.2) is 45.2 Å². The van der Waals surface area contributed by atoms with Gasteiger partial charge in [0.15, 0.2) is 0 Å². The summed E-state index contributed by atoms with van der Waals surface area (Å²) in [6.07, 6.45) is 5.04. The van der Waals surface area contributed by atoms with Crippen LogP contribution in [0.4, 0.5) is 0 Å². The Morgan fingerprint density at radius 3 is 2.50 bits per heavy atom. The summed E-state index contributed by atoms with van der Waals surface area (Å²) >= 11 is 0. The molecule has 0 spiro atoms. The Morgan fingerprint density at radius 2 is 2.00 bits per heavy atom. The second-order valence-corrected chi connectivity index (χ2v) is 3.46. The summed E-state index contributed by atoms with van der Waals surface area (Å²) in [5.74, 6) is -0.401. The lowest BCUT2D eigenvalue weighted by molar-refractivity contribution is -0.137. The molecule has 1 aromatic carbocycles. The van der Waals surface area contributed by atoms with Crippen molar-refractivity contribution in [2.45, 2.75) is 0 Å². The Balaban J connectivity index is 3.02. The van der Waals surface area contributed by atoms with Crippen molar-refractivity contribution in [3.05, 3.63) is 23.8 Å². The van der Waals surface area contributed by atoms with Gasteiger partial charge in [-0.3, -0.25) is 9.59 Å². The number of hydrogen-bond acceptors (Lipinski definition) is 4. The number of hydrogen-bond donors (Lipinski definition) is 3. The minimum atomic E-state index is -1.21. The Labute approximate surface area is 103 Å². The molecule has 1 aromatic rings. The molecule has 0 unspecified atom stereocenters. The largest absolute Gasteiger partial charge is 0.508 e. The second-order valence-electron chi connectivity index (χ2n) is 3.46. The third kappa shape index (κ3) is 3.15. The third-order valence-electron chi connectivity index (χ3n) is 2.11. The average molecular weight is 249 g/mol. The minimum Gasteiger partial charge on any atom is -0.508 e. The first-order valence-corrected chi connectivity index (χ1v) is 4.92. The second kappa shape index (κ2) is 5.59. The zero-order valence-corrected chi connectivity index (χ0v) is 9.33. The maximum atomic E-state index is 11.9. The van der Waals surface area contributed by atoms with Gasteiger partial charge in [-0.05, 0) is 12.1 Å². The fourth-order valence-corrected chi connectivity index (χ4v) is 1.34. The van der Waals surface area contributed by atoms with Crippen LogP contribution in [-0.2, 0) is 4.79 Å². The first kappa shape index (κ1) is 13.4. The highest BCUT2D eigenvalue weighted by atomic mass is 16.4. The van der Waals surface area contributed by atoms with Gasteiger partial charge in [-0.15, -0.1) is 6.42 Å². The number of carbonyl (C=O) groups is 2. The van der Waals surface area contributed by atoms with E-state index in [0.717, 1.165) is 11.0 Å². The smallest absolute Gasteiger partial charge is 0.323 e. The number of benzene rings is 1. The van der Waals surface area contributed by atoms with Gasteiger partial charge in [0, 0.05) is 6.07 Å². The van der Waals surface area contributed by atoms with Crippen molar-refractivity contribution in [1.82, 2.24) is 4.90 Å². The van der Waals surface area contributed by atoms with Crippen molar-refractivity contribution >= 4 is 11.9 Å². The molecule has 0 aliphatic heterocycles. The molecule has 6 heteroatoms. The number of rotatable bonds is 4. The van der Waals surface area contributed by atoms with Crippen molar-refractivity contribution in [2.24, 2.45) is 0 Å². The summed E-state index contributed by atoms with van der Waals surface area (Å²) in [5.41, 5.74) is -0.121. The zero-order valence-electron chi connectivity index (χ0n) is 9.33. The van der Waals surface area contributed by atoms with Crippen molar-refractivity contribution in [2.75, 3.05) is 13.1 Å². The first-order chi connectivity index (χ1) is 8.45. The molecule has 6 nitrogen and oxygen atoms in total. The quantitative estimate of drug-likeness (QED) is 0.665. The zero-order chi connectivity index (χ0) is 13.7. The molecule has 0 heterocycles. The van der Waals surface area contributed by atoms with Crippen LogP contribution in [0.1, 0.15) is 10.4 Å². The van der Waals surface area contributed by atoms with Crippen molar-refractivity contribution in [3.8, 4) is 23.8 Å². The van der Waals surface area contributed by atoms with Crippen molar-refractivity contribution in [3.63, 3.8) is 0 Å². The summed E-state index contributed by atoms with van der Waals surface area (Å²) in [6.45, 7) is -0.755. The lowest BCUT2D eigenvalue weighted by Gasteiger charge is -2.18. The molecular weight excluding hydrogens is 238 g/mol. The molecule has 0 radical (unpaired) electrons. The number of carboxylic acids is 1. The fraction of sp³-hybridized carbons (Fsp3) is 0.167. The topological polar surface area (TPSA) is 98.1 Å². The van der Waals surface area contributed by atoms with Crippen LogP contribution < -0.4 is 0 Å². The molecule has 0 atom stereocenters. The molecule has 0 aromatic heterocycles. The van der Waals surface area contributed by atoms with E-state index in [9.17, 15) is 14.7 Å². The summed E-state index contributed by atoms with van der Waals surface area (Å²) in [6, 6.07) is 3.39. The SMILES string of the molecule is C#CCN(CC(=O)O)C(=O)c1ccc(O)cc1O. The van der Waals surface area contributed by atoms with E-state index >= 15 is 0 Å². The Bertz CT molecular complexity index is 518. The van der Waals surface area contributed by atoms with Gasteiger partial charge in [0.25, 0.3) is 5.91 Å². The van der Waals surface area contributed by atoms with Gasteiger partial charge >= 0.3 is 5.97 Å². The van der Waals surface area contributed by atoms with Gasteiger partial charge < -0.3 is 20.2 Å². The van der Waals surface area contributed by atoms with Crippen LogP contribution in [0.5, 0.6) is 11.5 Å². The predicted molar refractivity (Wildman–Crippen MR) is 62.1 cm³/mol. The van der Waals surface area contributed by atoms with Crippen LogP contribution >= 0.6 is 0 Å². The number of carboxylic acid groups (broad SMARTS) is 1. The number of aromatic hydroxyl groups is 2. The molecule has 18 heavy (non-hydrogen) atoms. The summed E-state index contributed by atoms with van der Waals surface area (Å²) in [7, 11) is 0. The summed E-state index contributed by atoms with van der Waals surface area (Å²) < 4.78 is 0. The number of carbonyl (C=O) groups excluding carboxylic acids is 1. The number of aliphatic carboxylic acids is 1. The molecule has 1 rings (SSSR count). The van der Waals surface area contributed by atoms with Crippen molar-refractivity contribution < 1.29 is 24.9 Å². The standard InChI is InChI=1S/C12H11NO5/c1-2-5-13(7-11(16)17)12(18)9-4-3-8(14)6-10(9)15/h1,3-4,6,14-15H,5,7H2,(H,16,17). The van der Waals surface area contributed by atoms with Crippen molar-refractivity contribution in [1.29, 1.82) is 0 Å². The van der Waals surface area contributed by atoms with E-state index in [0.29, 0.717) is 0 Å². The van der Waals surface area contributed by atoms with Gasteiger partial charge in [-0.1, -0.05) is 5.92 Å². The number of phenols is 2. The molecule has 3 N–H and O–H groups in total. The Morgan fingerprint density at radius 1 is 1.33 bits per heavy atom. The highest BCUT2D eigenvalue weighted by Crippen LogP contribution is 2.23. The van der Waals surface area contributed by atoms with E-state index < -0.39 is 24.2 Å². The number of phenolic OH excluding ortho intramolecular Hbond substituents is 2. The lowest BCUT2D eigenvalue weighted by atomic mass is 10.1. The van der Waals surface area contributed by atoms with E-state index in [4.69, 9.17) is 16.6 Å². The molecule has 0 bridgehead atoms. The van der Waals surface area contributed by atoms with Crippen LogP contribution in [0.25, 0.3) is 0 Å². The summed E-state index contributed by atoms with van der Waals surface area (Å²) in [4.78, 5) is 23.4. The molecule has 1 amide bonds. The normalized spacial score (nSPS) is 9.50. The number of terminal acetylenes is 1. The molecule has 0 saturated carbocycles. The minimum absolute atomic E-state index is 0.121. The van der Waals surface area contributed by atoms with Gasteiger partial charge in [-0.25, -0.2) is 0 Å². The maximum Gasteiger partial charge on any atom is 0.323 e. The monoisotopic (exact) mass is 249 g/mol. The summed E-state index contributed by atoms with van der Waals surface area (Å²) in [5, 5.41) is 27.3. The van der Waals surface area contributed by atoms with Gasteiger partial charge in [0.05, 0.1) is 12.1 Å². The predicted octanol–water partition coefficient (Wildman–Crippen LogP) is 0.258. The van der Waals surface area contributed by atoms with Gasteiger partial charge in [-0.2, -0.15) is 0 Å². The highest BCUT2D eigenvalue weighted by molar-refractivity contribution is 5.98. The van der Waals surface area contributed by atoms with Crippen LogP contribution in [0, 0.1) is 12.3 Å². The number of amides is 1. The highest BCUT2D eigenvalue weighted by Gasteiger charge is 2.20. The van der Waals surface area contributed by atoms with E-state index in [1.54, 1.807) is 0 Å². The third-order valence-corrected chi connectivity index (χ3v) is 2.11. The molecule has 0 aliphatic carbocycles. The van der Waals surface area contributed by atoms with Gasteiger partial charge in [0.2, 0.25) is 0 Å². The van der Waals surface area contributed by atoms with Gasteiger partial charge in [0.1, 0.15) is 18.0 Å². The Kier molecular flexibility index (Phi) is 4.16.